The average molecular weight is 206 g/mol. The smallest absolute Gasteiger partial charge is 0.153 e. The van der Waals surface area contributed by atoms with E-state index in [4.69, 9.17) is 9.47 Å². The van der Waals surface area contributed by atoms with Crippen molar-refractivity contribution in [3.63, 3.8) is 0 Å². The fourth-order valence-corrected chi connectivity index (χ4v) is 1.14. The van der Waals surface area contributed by atoms with Gasteiger partial charge in [0.05, 0.1) is 12.2 Å². The Labute approximate surface area is 89.3 Å². The first kappa shape index (κ1) is 11.3. The Balaban J connectivity index is 2.90. The van der Waals surface area contributed by atoms with Crippen LogP contribution in [-0.2, 0) is 0 Å². The fraction of sp³-hybridized carbons (Fsp3) is 0.250. The van der Waals surface area contributed by atoms with Gasteiger partial charge < -0.3 is 9.47 Å². The van der Waals surface area contributed by atoms with Crippen molar-refractivity contribution in [1.29, 1.82) is 0 Å². The number of ether oxygens (including phenoxy) is 2. The third-order valence-electron chi connectivity index (χ3n) is 1.78. The van der Waals surface area contributed by atoms with Gasteiger partial charge in [-0.2, -0.15) is 0 Å². The van der Waals surface area contributed by atoms with Crippen LogP contribution in [0.2, 0.25) is 0 Å². The van der Waals surface area contributed by atoms with Crippen LogP contribution >= 0.6 is 0 Å². The minimum Gasteiger partial charge on any atom is -0.494 e. The number of carbonyl (C=O) groups excluding carboxylic acids is 1. The highest BCUT2D eigenvalue weighted by atomic mass is 16.5. The Bertz CT molecular complexity index is 345. The molecular weight excluding hydrogens is 192 g/mol. The highest BCUT2D eigenvalue weighted by Gasteiger charge is 2.04. The molecule has 3 heteroatoms. The Morgan fingerprint density at radius 2 is 2.20 bits per heavy atom. The third-order valence-corrected chi connectivity index (χ3v) is 1.78. The first-order valence-electron chi connectivity index (χ1n) is 4.77. The van der Waals surface area contributed by atoms with Crippen LogP contribution in [0.15, 0.2) is 30.9 Å². The van der Waals surface area contributed by atoms with Gasteiger partial charge in [-0.05, 0) is 19.1 Å². The molecule has 15 heavy (non-hydrogen) atoms. The SMILES string of the molecule is C=CCOc1cc(OCC)ccc1C=O. The minimum atomic E-state index is 0.371. The molecule has 0 fully saturated rings. The summed E-state index contributed by atoms with van der Waals surface area (Å²) in [5.41, 5.74) is 0.514. The molecule has 0 radical (unpaired) electrons. The molecule has 0 heterocycles. The van der Waals surface area contributed by atoms with Crippen LogP contribution < -0.4 is 9.47 Å². The Morgan fingerprint density at radius 3 is 2.80 bits per heavy atom. The van der Waals surface area contributed by atoms with Crippen LogP contribution in [0, 0.1) is 0 Å². The highest BCUT2D eigenvalue weighted by molar-refractivity contribution is 5.79. The molecular formula is C12H14O3. The maximum atomic E-state index is 10.7. The maximum Gasteiger partial charge on any atom is 0.153 e. The number of benzene rings is 1. The molecule has 0 spiro atoms. The fourth-order valence-electron chi connectivity index (χ4n) is 1.14. The molecule has 1 aromatic carbocycles. The van der Waals surface area contributed by atoms with E-state index in [1.165, 1.54) is 0 Å². The topological polar surface area (TPSA) is 35.5 Å². The molecule has 0 atom stereocenters. The summed E-state index contributed by atoms with van der Waals surface area (Å²) in [5, 5.41) is 0. The molecule has 0 aliphatic heterocycles. The van der Waals surface area contributed by atoms with Crippen molar-refractivity contribution in [2.75, 3.05) is 13.2 Å². The summed E-state index contributed by atoms with van der Waals surface area (Å²) in [4.78, 5) is 10.7. The molecule has 0 saturated heterocycles. The van der Waals surface area contributed by atoms with E-state index < -0.39 is 0 Å². The molecule has 1 rings (SSSR count). The van der Waals surface area contributed by atoms with E-state index in [9.17, 15) is 4.79 Å². The molecule has 0 aliphatic carbocycles. The summed E-state index contributed by atoms with van der Waals surface area (Å²) < 4.78 is 10.6. The van der Waals surface area contributed by atoms with Gasteiger partial charge >= 0.3 is 0 Å². The van der Waals surface area contributed by atoms with Gasteiger partial charge in [-0.15, -0.1) is 0 Å². The van der Waals surface area contributed by atoms with E-state index in [1.54, 1.807) is 24.3 Å². The van der Waals surface area contributed by atoms with E-state index in [0.29, 0.717) is 30.3 Å². The number of carbonyl (C=O) groups is 1. The second-order valence-corrected chi connectivity index (χ2v) is 2.85. The van der Waals surface area contributed by atoms with Crippen molar-refractivity contribution >= 4 is 6.29 Å². The van der Waals surface area contributed by atoms with Gasteiger partial charge in [0.2, 0.25) is 0 Å². The van der Waals surface area contributed by atoms with E-state index in [0.717, 1.165) is 6.29 Å². The summed E-state index contributed by atoms with van der Waals surface area (Å²) in [5.74, 6) is 1.22. The summed E-state index contributed by atoms with van der Waals surface area (Å²) in [6.45, 7) is 6.40. The van der Waals surface area contributed by atoms with Crippen molar-refractivity contribution in [2.24, 2.45) is 0 Å². The van der Waals surface area contributed by atoms with Gasteiger partial charge in [0.1, 0.15) is 18.1 Å². The van der Waals surface area contributed by atoms with Crippen molar-refractivity contribution in [2.45, 2.75) is 6.92 Å². The lowest BCUT2D eigenvalue weighted by Gasteiger charge is -2.09. The largest absolute Gasteiger partial charge is 0.494 e. The maximum absolute atomic E-state index is 10.7. The Kier molecular flexibility index (Phi) is 4.41. The second kappa shape index (κ2) is 5.86. The van der Waals surface area contributed by atoms with Crippen LogP contribution in [0.1, 0.15) is 17.3 Å². The Hall–Kier alpha value is -1.77. The molecule has 0 aliphatic rings. The van der Waals surface area contributed by atoms with Crippen LogP contribution in [-0.4, -0.2) is 19.5 Å². The second-order valence-electron chi connectivity index (χ2n) is 2.85. The summed E-state index contributed by atoms with van der Waals surface area (Å²) >= 11 is 0. The van der Waals surface area contributed by atoms with Gasteiger partial charge in [-0.3, -0.25) is 4.79 Å². The van der Waals surface area contributed by atoms with Crippen molar-refractivity contribution in [1.82, 2.24) is 0 Å². The van der Waals surface area contributed by atoms with Crippen LogP contribution in [0.4, 0.5) is 0 Å². The van der Waals surface area contributed by atoms with E-state index in [2.05, 4.69) is 6.58 Å². The zero-order valence-electron chi connectivity index (χ0n) is 8.73. The van der Waals surface area contributed by atoms with Gasteiger partial charge in [-0.25, -0.2) is 0 Å². The molecule has 80 valence electrons. The molecule has 3 nitrogen and oxygen atoms in total. The predicted octanol–water partition coefficient (Wildman–Crippen LogP) is 2.46. The van der Waals surface area contributed by atoms with Crippen LogP contribution in [0.3, 0.4) is 0 Å². The molecule has 0 bridgehead atoms. The van der Waals surface area contributed by atoms with Crippen molar-refractivity contribution < 1.29 is 14.3 Å². The normalized spacial score (nSPS) is 9.40. The van der Waals surface area contributed by atoms with Crippen LogP contribution in [0.25, 0.3) is 0 Å². The monoisotopic (exact) mass is 206 g/mol. The summed E-state index contributed by atoms with van der Waals surface area (Å²) in [7, 11) is 0. The predicted molar refractivity (Wildman–Crippen MR) is 58.7 cm³/mol. The third kappa shape index (κ3) is 3.13. The lowest BCUT2D eigenvalue weighted by Crippen LogP contribution is -1.98. The number of hydrogen-bond donors (Lipinski definition) is 0. The number of aldehydes is 1. The Morgan fingerprint density at radius 1 is 1.40 bits per heavy atom. The number of rotatable bonds is 6. The standard InChI is InChI=1S/C12H14O3/c1-3-7-15-12-8-11(14-4-2)6-5-10(12)9-13/h3,5-6,8-9H,1,4,7H2,2H3. The molecule has 0 amide bonds. The first-order chi connectivity index (χ1) is 7.31. The summed E-state index contributed by atoms with van der Waals surface area (Å²) in [6, 6.07) is 5.13. The van der Waals surface area contributed by atoms with Gasteiger partial charge in [0, 0.05) is 6.07 Å². The van der Waals surface area contributed by atoms with Crippen LogP contribution in [0.5, 0.6) is 11.5 Å². The molecule has 1 aromatic rings. The van der Waals surface area contributed by atoms with E-state index in [-0.39, 0.29) is 0 Å². The van der Waals surface area contributed by atoms with E-state index in [1.807, 2.05) is 6.92 Å². The summed E-state index contributed by atoms with van der Waals surface area (Å²) in [6.07, 6.45) is 2.39. The number of hydrogen-bond acceptors (Lipinski definition) is 3. The zero-order valence-corrected chi connectivity index (χ0v) is 8.73. The van der Waals surface area contributed by atoms with E-state index >= 15 is 0 Å². The quantitative estimate of drug-likeness (QED) is 0.529. The minimum absolute atomic E-state index is 0.371. The van der Waals surface area contributed by atoms with Crippen molar-refractivity contribution in [3.05, 3.63) is 36.4 Å². The highest BCUT2D eigenvalue weighted by Crippen LogP contribution is 2.23. The van der Waals surface area contributed by atoms with Gasteiger partial charge in [0.15, 0.2) is 6.29 Å². The lowest BCUT2D eigenvalue weighted by atomic mass is 10.2. The lowest BCUT2D eigenvalue weighted by molar-refractivity contribution is 0.112. The molecule has 0 N–H and O–H groups in total. The van der Waals surface area contributed by atoms with Gasteiger partial charge in [-0.1, -0.05) is 12.7 Å². The first-order valence-corrected chi connectivity index (χ1v) is 4.77. The molecule has 0 aromatic heterocycles. The van der Waals surface area contributed by atoms with Gasteiger partial charge in [0.25, 0.3) is 0 Å². The zero-order chi connectivity index (χ0) is 11.1. The van der Waals surface area contributed by atoms with Crippen molar-refractivity contribution in [3.8, 4) is 11.5 Å². The molecule has 0 unspecified atom stereocenters. The average Bonchev–Trinajstić information content (AvgIpc) is 2.27. The molecule has 0 saturated carbocycles.